The molecule has 6 heteroatoms. The van der Waals surface area contributed by atoms with Gasteiger partial charge in [0.25, 0.3) is 0 Å². The third-order valence-electron chi connectivity index (χ3n) is 1.68. The summed E-state index contributed by atoms with van der Waals surface area (Å²) in [5.41, 5.74) is -0.488. The summed E-state index contributed by atoms with van der Waals surface area (Å²) in [6.07, 6.45) is 0. The van der Waals surface area contributed by atoms with Gasteiger partial charge in [-0.1, -0.05) is 12.1 Å². The molecule has 70 valence electrons. The molecule has 0 bridgehead atoms. The molecule has 0 saturated carbocycles. The van der Waals surface area contributed by atoms with Crippen LogP contribution in [0.5, 0.6) is 0 Å². The summed E-state index contributed by atoms with van der Waals surface area (Å²) in [6.45, 7) is 0. The first-order valence-corrected chi connectivity index (χ1v) is 3.73. The third-order valence-corrected chi connectivity index (χ3v) is 1.68. The molecule has 0 amide bonds. The molecule has 14 heavy (non-hydrogen) atoms. The van der Waals surface area contributed by atoms with Crippen molar-refractivity contribution in [2.24, 2.45) is 0 Å². The number of hydrogen-bond donors (Lipinski definition) is 0. The van der Waals surface area contributed by atoms with Crippen LogP contribution in [0.2, 0.25) is 0 Å². The second-order valence-electron chi connectivity index (χ2n) is 2.56. The number of para-hydroxylation sites is 1. The fraction of sp³-hybridized carbons (Fsp3) is 0. The van der Waals surface area contributed by atoms with Crippen LogP contribution in [0.25, 0.3) is 10.9 Å². The van der Waals surface area contributed by atoms with E-state index in [0.717, 1.165) is 0 Å². The zero-order valence-electron chi connectivity index (χ0n) is 6.84. The second kappa shape index (κ2) is 2.91. The number of aromatic nitrogens is 1. The van der Waals surface area contributed by atoms with Crippen molar-refractivity contribution in [1.82, 2.24) is 4.98 Å². The molecule has 2 rings (SSSR count). The van der Waals surface area contributed by atoms with Crippen LogP contribution < -0.4 is 5.63 Å². The van der Waals surface area contributed by atoms with Crippen LogP contribution in [-0.4, -0.2) is 9.91 Å². The average Bonchev–Trinajstić information content (AvgIpc) is 2.17. The van der Waals surface area contributed by atoms with E-state index in [2.05, 4.69) is 9.40 Å². The summed E-state index contributed by atoms with van der Waals surface area (Å²) in [7, 11) is 0. The van der Waals surface area contributed by atoms with E-state index < -0.39 is 16.6 Å². The normalized spacial score (nSPS) is 10.3. The van der Waals surface area contributed by atoms with E-state index in [1.807, 2.05) is 0 Å². The molecule has 0 radical (unpaired) electrons. The minimum Gasteiger partial charge on any atom is -0.355 e. The van der Waals surface area contributed by atoms with Gasteiger partial charge in [0.1, 0.15) is 5.39 Å². The molecule has 0 fully saturated rings. The van der Waals surface area contributed by atoms with Crippen molar-refractivity contribution in [3.8, 4) is 0 Å². The highest BCUT2D eigenvalue weighted by Gasteiger charge is 2.15. The first-order valence-electron chi connectivity index (χ1n) is 3.73. The molecule has 0 atom stereocenters. The van der Waals surface area contributed by atoms with Crippen molar-refractivity contribution in [2.45, 2.75) is 0 Å². The first-order chi connectivity index (χ1) is 6.68. The molecule has 0 saturated heterocycles. The summed E-state index contributed by atoms with van der Waals surface area (Å²) in [5, 5.41) is 10.5. The fourth-order valence-corrected chi connectivity index (χ4v) is 1.09. The number of hydrogen-bond acceptors (Lipinski definition) is 5. The first kappa shape index (κ1) is 8.36. The Kier molecular flexibility index (Phi) is 1.74. The molecule has 1 aromatic carbocycles. The Morgan fingerprint density at radius 1 is 1.36 bits per heavy atom. The minimum atomic E-state index is -0.839. The Labute approximate surface area is 77.0 Å². The van der Waals surface area contributed by atoms with Gasteiger partial charge in [-0.15, -0.1) is 0 Å². The van der Waals surface area contributed by atoms with Gasteiger partial charge in [-0.3, -0.25) is 0 Å². The number of nitro groups is 1. The Morgan fingerprint density at radius 3 is 2.79 bits per heavy atom. The Morgan fingerprint density at radius 2 is 2.07 bits per heavy atom. The minimum absolute atomic E-state index is 0.234. The number of nitrogens with zero attached hydrogens (tertiary/aromatic N) is 2. The van der Waals surface area contributed by atoms with Crippen LogP contribution in [-0.2, 0) is 0 Å². The van der Waals surface area contributed by atoms with Crippen LogP contribution >= 0.6 is 0 Å². The SMILES string of the molecule is O=c1oc([N+](=O)[O-])nc2ccccc12. The molecule has 0 aliphatic carbocycles. The van der Waals surface area contributed by atoms with Crippen LogP contribution in [0.4, 0.5) is 6.01 Å². The lowest BCUT2D eigenvalue weighted by molar-refractivity contribution is -0.408. The second-order valence-corrected chi connectivity index (χ2v) is 2.56. The smallest absolute Gasteiger partial charge is 0.355 e. The molecule has 1 heterocycles. The third kappa shape index (κ3) is 1.22. The maximum atomic E-state index is 11.2. The van der Waals surface area contributed by atoms with Crippen molar-refractivity contribution in [3.05, 3.63) is 44.8 Å². The zero-order chi connectivity index (χ0) is 10.1. The van der Waals surface area contributed by atoms with Gasteiger partial charge < -0.3 is 14.5 Å². The number of rotatable bonds is 1. The summed E-state index contributed by atoms with van der Waals surface area (Å²) in [5.74, 6) is 0. The van der Waals surface area contributed by atoms with Gasteiger partial charge in [0, 0.05) is 9.91 Å². The molecule has 0 aliphatic heterocycles. The molecule has 0 spiro atoms. The van der Waals surface area contributed by atoms with E-state index in [1.165, 1.54) is 12.1 Å². The maximum Gasteiger partial charge on any atom is 0.549 e. The molecular weight excluding hydrogens is 188 g/mol. The molecule has 0 N–H and O–H groups in total. The van der Waals surface area contributed by atoms with Crippen molar-refractivity contribution >= 4 is 16.9 Å². The standard InChI is InChI=1S/C8H4N2O4/c11-7-5-3-1-2-4-6(5)9-8(14-7)10(12)13/h1-4H. The van der Waals surface area contributed by atoms with Gasteiger partial charge >= 0.3 is 11.6 Å². The van der Waals surface area contributed by atoms with E-state index in [-0.39, 0.29) is 10.9 Å². The summed E-state index contributed by atoms with van der Waals surface area (Å²) in [6, 6.07) is 5.50. The van der Waals surface area contributed by atoms with Gasteiger partial charge in [0.2, 0.25) is 0 Å². The predicted molar refractivity (Wildman–Crippen MR) is 46.9 cm³/mol. The van der Waals surface area contributed by atoms with Crippen LogP contribution in [0.3, 0.4) is 0 Å². The van der Waals surface area contributed by atoms with E-state index in [4.69, 9.17) is 0 Å². The van der Waals surface area contributed by atoms with Crippen LogP contribution in [0, 0.1) is 10.1 Å². The predicted octanol–water partition coefficient (Wildman–Crippen LogP) is 1.10. The summed E-state index contributed by atoms with van der Waals surface area (Å²) in [4.78, 5) is 24.2. The monoisotopic (exact) mass is 192 g/mol. The fourth-order valence-electron chi connectivity index (χ4n) is 1.09. The summed E-state index contributed by atoms with van der Waals surface area (Å²) >= 11 is 0. The van der Waals surface area contributed by atoms with Crippen molar-refractivity contribution in [1.29, 1.82) is 0 Å². The molecule has 2 aromatic rings. The number of benzene rings is 1. The lowest BCUT2D eigenvalue weighted by atomic mass is 10.2. The van der Waals surface area contributed by atoms with E-state index >= 15 is 0 Å². The molecule has 0 unspecified atom stereocenters. The van der Waals surface area contributed by atoms with E-state index in [9.17, 15) is 14.9 Å². The molecule has 6 nitrogen and oxygen atoms in total. The summed E-state index contributed by atoms with van der Waals surface area (Å²) < 4.78 is 4.39. The average molecular weight is 192 g/mol. The molecule has 1 aromatic heterocycles. The molecular formula is C8H4N2O4. The van der Waals surface area contributed by atoms with Gasteiger partial charge in [0.15, 0.2) is 5.52 Å². The largest absolute Gasteiger partial charge is 0.549 e. The Hall–Kier alpha value is -2.24. The quantitative estimate of drug-likeness (QED) is 0.498. The zero-order valence-corrected chi connectivity index (χ0v) is 6.84. The van der Waals surface area contributed by atoms with Crippen LogP contribution in [0.15, 0.2) is 33.5 Å². The number of fused-ring (bicyclic) bond motifs is 1. The van der Waals surface area contributed by atoms with Crippen LogP contribution in [0.1, 0.15) is 0 Å². The van der Waals surface area contributed by atoms with Gasteiger partial charge in [-0.25, -0.2) is 4.79 Å². The lowest BCUT2D eigenvalue weighted by Crippen LogP contribution is -2.04. The highest BCUT2D eigenvalue weighted by atomic mass is 16.7. The highest BCUT2D eigenvalue weighted by molar-refractivity contribution is 5.77. The Bertz CT molecular complexity index is 561. The molecule has 0 aliphatic rings. The topological polar surface area (TPSA) is 86.2 Å². The van der Waals surface area contributed by atoms with E-state index in [0.29, 0.717) is 0 Å². The van der Waals surface area contributed by atoms with Gasteiger partial charge in [-0.05, 0) is 12.1 Å². The Balaban J connectivity index is 2.86. The van der Waals surface area contributed by atoms with Gasteiger partial charge in [-0.2, -0.15) is 0 Å². The van der Waals surface area contributed by atoms with E-state index in [1.54, 1.807) is 12.1 Å². The van der Waals surface area contributed by atoms with Crippen molar-refractivity contribution in [2.75, 3.05) is 0 Å². The highest BCUT2D eigenvalue weighted by Crippen LogP contribution is 2.11. The lowest BCUT2D eigenvalue weighted by Gasteiger charge is -1.91. The maximum absolute atomic E-state index is 11.2. The van der Waals surface area contributed by atoms with Gasteiger partial charge in [0.05, 0.1) is 0 Å². The van der Waals surface area contributed by atoms with Crippen molar-refractivity contribution in [3.63, 3.8) is 0 Å². The van der Waals surface area contributed by atoms with Crippen molar-refractivity contribution < 1.29 is 9.34 Å².